The fourth-order valence-electron chi connectivity index (χ4n) is 1.51. The van der Waals surface area contributed by atoms with Crippen molar-refractivity contribution in [2.24, 2.45) is 0 Å². The molecule has 0 radical (unpaired) electrons. The zero-order valence-electron chi connectivity index (χ0n) is 9.09. The van der Waals surface area contributed by atoms with Gasteiger partial charge in [-0.25, -0.2) is 0 Å². The molecule has 0 aliphatic carbocycles. The monoisotopic (exact) mass is 264 g/mol. The Morgan fingerprint density at radius 3 is 2.11 bits per heavy atom. The lowest BCUT2D eigenvalue weighted by Crippen LogP contribution is -2.01. The van der Waals surface area contributed by atoms with E-state index in [2.05, 4.69) is 0 Å². The quantitative estimate of drug-likeness (QED) is 0.576. The highest BCUT2D eigenvalue weighted by atomic mass is 35.5. The molecule has 0 heterocycles. The minimum atomic E-state index is -0.713. The molecule has 2 rings (SSSR count). The van der Waals surface area contributed by atoms with Crippen LogP contribution in [0, 0.1) is 0 Å². The molecule has 0 bridgehead atoms. The number of aromatic hydroxyl groups is 3. The second-order valence-electron chi connectivity index (χ2n) is 3.67. The standard InChI is InChI=1S/C13H9ClO4/c14-8-3-1-7(2-4-8)11(16)9-5-6-10(15)13(18)12(9)17/h1-6,15,17-18H. The Morgan fingerprint density at radius 2 is 1.50 bits per heavy atom. The van der Waals surface area contributed by atoms with Crippen molar-refractivity contribution in [3.05, 3.63) is 52.5 Å². The molecule has 0 aromatic heterocycles. The molecule has 0 aliphatic heterocycles. The summed E-state index contributed by atoms with van der Waals surface area (Å²) in [4.78, 5) is 12.0. The fraction of sp³-hybridized carbons (Fsp3) is 0. The number of halogens is 1. The minimum absolute atomic E-state index is 0.0902. The van der Waals surface area contributed by atoms with Gasteiger partial charge in [-0.1, -0.05) is 11.6 Å². The van der Waals surface area contributed by atoms with Crippen molar-refractivity contribution in [3.8, 4) is 17.2 Å². The summed E-state index contributed by atoms with van der Waals surface area (Å²) in [6, 6.07) is 8.49. The molecule has 0 saturated carbocycles. The maximum absolute atomic E-state index is 12.0. The zero-order valence-corrected chi connectivity index (χ0v) is 9.85. The van der Waals surface area contributed by atoms with Gasteiger partial charge in [-0.2, -0.15) is 0 Å². The number of ketones is 1. The maximum atomic E-state index is 12.0. The van der Waals surface area contributed by atoms with Crippen LogP contribution in [0.25, 0.3) is 0 Å². The molecule has 0 amide bonds. The Labute approximate surface area is 108 Å². The highest BCUT2D eigenvalue weighted by Gasteiger charge is 2.18. The van der Waals surface area contributed by atoms with Crippen molar-refractivity contribution >= 4 is 17.4 Å². The van der Waals surface area contributed by atoms with Crippen molar-refractivity contribution < 1.29 is 20.1 Å². The molecule has 0 unspecified atom stereocenters. The Balaban J connectivity index is 2.46. The summed E-state index contributed by atoms with van der Waals surface area (Å²) < 4.78 is 0. The summed E-state index contributed by atoms with van der Waals surface area (Å²) in [5, 5.41) is 28.6. The average Bonchev–Trinajstić information content (AvgIpc) is 2.36. The van der Waals surface area contributed by atoms with Crippen LogP contribution < -0.4 is 0 Å². The molecule has 92 valence electrons. The number of phenols is 3. The first-order valence-electron chi connectivity index (χ1n) is 5.05. The number of carbonyl (C=O) groups is 1. The van der Waals surface area contributed by atoms with E-state index < -0.39 is 23.0 Å². The van der Waals surface area contributed by atoms with Gasteiger partial charge in [-0.15, -0.1) is 0 Å². The van der Waals surface area contributed by atoms with Crippen molar-refractivity contribution in [2.75, 3.05) is 0 Å². The van der Waals surface area contributed by atoms with Gasteiger partial charge in [0.1, 0.15) is 0 Å². The van der Waals surface area contributed by atoms with Gasteiger partial charge >= 0.3 is 0 Å². The largest absolute Gasteiger partial charge is 0.504 e. The summed E-state index contributed by atoms with van der Waals surface area (Å²) in [5.74, 6) is -2.32. The number of phenolic OH excluding ortho intramolecular Hbond substituents is 3. The number of rotatable bonds is 2. The second-order valence-corrected chi connectivity index (χ2v) is 4.10. The molecule has 5 heteroatoms. The van der Waals surface area contributed by atoms with Gasteiger partial charge in [0, 0.05) is 10.6 Å². The molecule has 3 N–H and O–H groups in total. The third-order valence-electron chi connectivity index (χ3n) is 2.48. The van der Waals surface area contributed by atoms with E-state index in [1.54, 1.807) is 12.1 Å². The van der Waals surface area contributed by atoms with Crippen molar-refractivity contribution in [3.63, 3.8) is 0 Å². The van der Waals surface area contributed by atoms with E-state index in [9.17, 15) is 20.1 Å². The van der Waals surface area contributed by atoms with E-state index in [-0.39, 0.29) is 5.56 Å². The fourth-order valence-corrected chi connectivity index (χ4v) is 1.63. The minimum Gasteiger partial charge on any atom is -0.504 e. The summed E-state index contributed by atoms with van der Waals surface area (Å²) in [6.07, 6.45) is 0. The first-order valence-corrected chi connectivity index (χ1v) is 5.42. The first-order chi connectivity index (χ1) is 8.50. The van der Waals surface area contributed by atoms with E-state index in [1.807, 2.05) is 0 Å². The van der Waals surface area contributed by atoms with Crippen molar-refractivity contribution in [1.29, 1.82) is 0 Å². The summed E-state index contributed by atoms with van der Waals surface area (Å²) >= 11 is 5.71. The van der Waals surface area contributed by atoms with Gasteiger partial charge in [0.15, 0.2) is 17.3 Å². The Kier molecular flexibility index (Phi) is 3.12. The van der Waals surface area contributed by atoms with E-state index in [0.717, 1.165) is 6.07 Å². The van der Waals surface area contributed by atoms with Crippen LogP contribution >= 0.6 is 11.6 Å². The van der Waals surface area contributed by atoms with E-state index in [4.69, 9.17) is 11.6 Å². The van der Waals surface area contributed by atoms with Crippen LogP contribution in [-0.2, 0) is 0 Å². The van der Waals surface area contributed by atoms with Gasteiger partial charge in [-0.3, -0.25) is 4.79 Å². The SMILES string of the molecule is O=C(c1ccc(Cl)cc1)c1ccc(O)c(O)c1O. The Bertz CT molecular complexity index is 605. The normalized spacial score (nSPS) is 10.3. The Morgan fingerprint density at radius 1 is 0.889 bits per heavy atom. The van der Waals surface area contributed by atoms with Gasteiger partial charge < -0.3 is 15.3 Å². The van der Waals surface area contributed by atoms with E-state index in [0.29, 0.717) is 10.6 Å². The third kappa shape index (κ3) is 2.10. The molecule has 2 aromatic rings. The predicted molar refractivity (Wildman–Crippen MR) is 66.3 cm³/mol. The lowest BCUT2D eigenvalue weighted by molar-refractivity contribution is 0.103. The number of hydrogen-bond acceptors (Lipinski definition) is 4. The molecule has 4 nitrogen and oxygen atoms in total. The summed E-state index contributed by atoms with van der Waals surface area (Å²) in [5.41, 5.74) is 0.229. The van der Waals surface area contributed by atoms with Gasteiger partial charge in [-0.05, 0) is 36.4 Å². The average molecular weight is 265 g/mol. The summed E-state index contributed by atoms with van der Waals surface area (Å²) in [7, 11) is 0. The van der Waals surface area contributed by atoms with Gasteiger partial charge in [0.05, 0.1) is 5.56 Å². The molecule has 0 fully saturated rings. The highest BCUT2D eigenvalue weighted by Crippen LogP contribution is 2.37. The van der Waals surface area contributed by atoms with Gasteiger partial charge in [0.25, 0.3) is 0 Å². The lowest BCUT2D eigenvalue weighted by atomic mass is 10.0. The summed E-state index contributed by atoms with van der Waals surface area (Å²) in [6.45, 7) is 0. The van der Waals surface area contributed by atoms with Crippen LogP contribution in [0.2, 0.25) is 5.02 Å². The highest BCUT2D eigenvalue weighted by molar-refractivity contribution is 6.30. The van der Waals surface area contributed by atoms with E-state index >= 15 is 0 Å². The van der Waals surface area contributed by atoms with Crippen molar-refractivity contribution in [2.45, 2.75) is 0 Å². The predicted octanol–water partition coefficient (Wildman–Crippen LogP) is 2.69. The van der Waals surface area contributed by atoms with Crippen LogP contribution in [0.4, 0.5) is 0 Å². The number of hydrogen-bond donors (Lipinski definition) is 3. The molecular formula is C13H9ClO4. The van der Waals surface area contributed by atoms with Gasteiger partial charge in [0.2, 0.25) is 5.75 Å². The maximum Gasteiger partial charge on any atom is 0.201 e. The smallest absolute Gasteiger partial charge is 0.201 e. The van der Waals surface area contributed by atoms with Crippen LogP contribution in [0.1, 0.15) is 15.9 Å². The second kappa shape index (κ2) is 4.58. The lowest BCUT2D eigenvalue weighted by Gasteiger charge is -2.06. The van der Waals surface area contributed by atoms with Crippen LogP contribution in [0.5, 0.6) is 17.2 Å². The zero-order chi connectivity index (χ0) is 13.3. The third-order valence-corrected chi connectivity index (χ3v) is 2.73. The van der Waals surface area contributed by atoms with Crippen LogP contribution in [-0.4, -0.2) is 21.1 Å². The van der Waals surface area contributed by atoms with E-state index in [1.165, 1.54) is 18.2 Å². The topological polar surface area (TPSA) is 77.8 Å². The molecule has 0 spiro atoms. The molecule has 0 aliphatic rings. The Hall–Kier alpha value is -2.20. The number of carbonyl (C=O) groups excluding carboxylic acids is 1. The van der Waals surface area contributed by atoms with Crippen molar-refractivity contribution in [1.82, 2.24) is 0 Å². The molecule has 2 aromatic carbocycles. The number of benzene rings is 2. The molecular weight excluding hydrogens is 256 g/mol. The molecule has 0 saturated heterocycles. The molecule has 0 atom stereocenters. The van der Waals surface area contributed by atoms with Crippen LogP contribution in [0.15, 0.2) is 36.4 Å². The van der Waals surface area contributed by atoms with Crippen LogP contribution in [0.3, 0.4) is 0 Å². The first kappa shape index (κ1) is 12.3. The molecule has 18 heavy (non-hydrogen) atoms.